The molecule has 0 bridgehead atoms. The minimum atomic E-state index is 0.141. The zero-order valence-corrected chi connectivity index (χ0v) is 14.6. The molecular formula is C20H34O2. The van der Waals surface area contributed by atoms with Gasteiger partial charge in [0.1, 0.15) is 0 Å². The van der Waals surface area contributed by atoms with Gasteiger partial charge in [0.2, 0.25) is 0 Å². The average Bonchev–Trinajstić information content (AvgIpc) is 2.50. The van der Waals surface area contributed by atoms with Gasteiger partial charge in [-0.1, -0.05) is 38.8 Å². The first-order valence-electron chi connectivity index (χ1n) is 9.37. The molecule has 2 nitrogen and oxygen atoms in total. The molecule has 0 amide bonds. The van der Waals surface area contributed by atoms with Crippen LogP contribution in [0.5, 0.6) is 0 Å². The summed E-state index contributed by atoms with van der Waals surface area (Å²) in [4.78, 5) is 0. The van der Waals surface area contributed by atoms with Crippen molar-refractivity contribution in [1.29, 1.82) is 0 Å². The number of hydrogen-bond acceptors (Lipinski definition) is 2. The molecule has 2 N–H and O–H groups in total. The van der Waals surface area contributed by atoms with Gasteiger partial charge in [0.15, 0.2) is 0 Å². The van der Waals surface area contributed by atoms with E-state index < -0.39 is 0 Å². The zero-order chi connectivity index (χ0) is 16.0. The van der Waals surface area contributed by atoms with E-state index in [1.165, 1.54) is 50.5 Å². The van der Waals surface area contributed by atoms with Gasteiger partial charge in [-0.15, -0.1) is 0 Å². The van der Waals surface area contributed by atoms with Crippen molar-refractivity contribution in [3.63, 3.8) is 0 Å². The van der Waals surface area contributed by atoms with Gasteiger partial charge in [-0.2, -0.15) is 0 Å². The lowest BCUT2D eigenvalue weighted by Gasteiger charge is -2.62. The topological polar surface area (TPSA) is 40.5 Å². The predicted molar refractivity (Wildman–Crippen MR) is 90.4 cm³/mol. The Morgan fingerprint density at radius 3 is 2.59 bits per heavy atom. The minimum Gasteiger partial charge on any atom is -0.396 e. The molecule has 0 unspecified atom stereocenters. The van der Waals surface area contributed by atoms with Gasteiger partial charge in [0, 0.05) is 6.61 Å². The molecule has 0 heterocycles. The average molecular weight is 306 g/mol. The largest absolute Gasteiger partial charge is 0.396 e. The summed E-state index contributed by atoms with van der Waals surface area (Å²) in [5.74, 6) is 2.92. The van der Waals surface area contributed by atoms with Gasteiger partial charge < -0.3 is 10.2 Å². The van der Waals surface area contributed by atoms with Gasteiger partial charge in [0.25, 0.3) is 0 Å². The quantitative estimate of drug-likeness (QED) is 0.752. The fourth-order valence-electron chi connectivity index (χ4n) is 6.75. The van der Waals surface area contributed by atoms with Crippen LogP contribution in [-0.2, 0) is 0 Å². The first-order chi connectivity index (χ1) is 10.5. The summed E-state index contributed by atoms with van der Waals surface area (Å²) in [5, 5.41) is 19.3. The van der Waals surface area contributed by atoms with E-state index in [2.05, 4.69) is 26.8 Å². The summed E-state index contributed by atoms with van der Waals surface area (Å²) in [7, 11) is 0. The van der Waals surface area contributed by atoms with Crippen molar-refractivity contribution in [1.82, 2.24) is 0 Å². The molecule has 6 atom stereocenters. The number of aliphatic hydroxyl groups is 2. The summed E-state index contributed by atoms with van der Waals surface area (Å²) >= 11 is 0. The third-order valence-electron chi connectivity index (χ3n) is 7.94. The second-order valence-electron chi connectivity index (χ2n) is 8.86. The Balaban J connectivity index is 1.89. The molecule has 0 spiro atoms. The molecular weight excluding hydrogens is 272 g/mol. The van der Waals surface area contributed by atoms with Gasteiger partial charge >= 0.3 is 0 Å². The molecule has 126 valence electrons. The minimum absolute atomic E-state index is 0.141. The molecule has 3 aliphatic rings. The fraction of sp³-hybridized carbons (Fsp3) is 0.900. The van der Waals surface area contributed by atoms with E-state index in [-0.39, 0.29) is 12.0 Å². The highest BCUT2D eigenvalue weighted by atomic mass is 16.3. The highest BCUT2D eigenvalue weighted by molar-refractivity contribution is 5.16. The van der Waals surface area contributed by atoms with Crippen LogP contribution < -0.4 is 0 Å². The Hall–Kier alpha value is -0.340. The number of rotatable bonds is 2. The third kappa shape index (κ3) is 2.38. The van der Waals surface area contributed by atoms with Gasteiger partial charge in [-0.3, -0.25) is 0 Å². The monoisotopic (exact) mass is 306 g/mol. The lowest BCUT2D eigenvalue weighted by atomic mass is 9.43. The summed E-state index contributed by atoms with van der Waals surface area (Å²) in [6.45, 7) is 7.80. The summed E-state index contributed by atoms with van der Waals surface area (Å²) < 4.78 is 0. The normalized spacial score (nSPS) is 50.5. The van der Waals surface area contributed by atoms with Gasteiger partial charge in [0.05, 0.1) is 6.61 Å². The van der Waals surface area contributed by atoms with Crippen LogP contribution in [0.3, 0.4) is 0 Å². The Bertz CT molecular complexity index is 443. The number of fused-ring (bicyclic) bond motifs is 3. The molecule has 0 aromatic rings. The maximum absolute atomic E-state index is 10.0. The maximum Gasteiger partial charge on any atom is 0.0615 e. The van der Waals surface area contributed by atoms with E-state index in [0.29, 0.717) is 23.9 Å². The van der Waals surface area contributed by atoms with E-state index in [1.807, 2.05) is 0 Å². The second-order valence-corrected chi connectivity index (χ2v) is 8.86. The van der Waals surface area contributed by atoms with Gasteiger partial charge in [-0.25, -0.2) is 0 Å². The SMILES string of the molecule is C[C@H]1/C(=C/CO)CC[C@H]2[C@H]1CC[C@H]1[C@](C)(CO)CCC[C@]21C. The Morgan fingerprint density at radius 2 is 1.91 bits per heavy atom. The molecule has 0 aromatic carbocycles. The van der Waals surface area contributed by atoms with Crippen LogP contribution in [-0.4, -0.2) is 23.4 Å². The molecule has 0 aliphatic heterocycles. The maximum atomic E-state index is 10.0. The van der Waals surface area contributed by atoms with Crippen LogP contribution in [0.15, 0.2) is 11.6 Å². The van der Waals surface area contributed by atoms with Crippen molar-refractivity contribution in [3.05, 3.63) is 11.6 Å². The highest BCUT2D eigenvalue weighted by Crippen LogP contribution is 2.64. The summed E-state index contributed by atoms with van der Waals surface area (Å²) in [5.41, 5.74) is 2.05. The molecule has 0 saturated heterocycles. The van der Waals surface area contributed by atoms with Crippen molar-refractivity contribution in [2.75, 3.05) is 13.2 Å². The van der Waals surface area contributed by atoms with E-state index >= 15 is 0 Å². The first kappa shape index (κ1) is 16.5. The molecule has 0 radical (unpaired) electrons. The lowest BCUT2D eigenvalue weighted by Crippen LogP contribution is -2.55. The van der Waals surface area contributed by atoms with Crippen LogP contribution >= 0.6 is 0 Å². The van der Waals surface area contributed by atoms with Crippen molar-refractivity contribution < 1.29 is 10.2 Å². The molecule has 3 fully saturated rings. The molecule has 3 rings (SSSR count). The molecule has 2 heteroatoms. The Morgan fingerprint density at radius 1 is 1.14 bits per heavy atom. The van der Waals surface area contributed by atoms with Crippen molar-refractivity contribution in [2.45, 2.75) is 65.7 Å². The Labute approximate surface area is 136 Å². The van der Waals surface area contributed by atoms with Crippen molar-refractivity contribution >= 4 is 0 Å². The Kier molecular flexibility index (Phi) is 4.46. The first-order valence-corrected chi connectivity index (χ1v) is 9.37. The fourth-order valence-corrected chi connectivity index (χ4v) is 6.75. The van der Waals surface area contributed by atoms with E-state index in [0.717, 1.165) is 11.8 Å². The van der Waals surface area contributed by atoms with Gasteiger partial charge in [-0.05, 0) is 73.0 Å². The smallest absolute Gasteiger partial charge is 0.0615 e. The second kappa shape index (κ2) is 5.94. The molecule has 3 aliphatic carbocycles. The number of allylic oxidation sites excluding steroid dienone is 1. The van der Waals surface area contributed by atoms with Crippen LogP contribution in [0.4, 0.5) is 0 Å². The van der Waals surface area contributed by atoms with Crippen molar-refractivity contribution in [2.24, 2.45) is 34.5 Å². The van der Waals surface area contributed by atoms with Crippen LogP contribution in [0.25, 0.3) is 0 Å². The van der Waals surface area contributed by atoms with Crippen molar-refractivity contribution in [3.8, 4) is 0 Å². The standard InChI is InChI=1S/C20H34O2/c1-14-15(9-12-21)5-7-17-16(14)6-8-18-19(2,13-22)10-4-11-20(17,18)3/h9,14,16-18,21-22H,4-8,10-13H2,1-3H3/b15-9+/t14-,16-,17-,18-,19-,20+/m0/s1. The summed E-state index contributed by atoms with van der Waals surface area (Å²) in [6, 6.07) is 0. The lowest BCUT2D eigenvalue weighted by molar-refractivity contribution is -0.132. The van der Waals surface area contributed by atoms with E-state index in [4.69, 9.17) is 0 Å². The highest BCUT2D eigenvalue weighted by Gasteiger charge is 2.57. The molecule has 0 aromatic heterocycles. The van der Waals surface area contributed by atoms with Crippen LogP contribution in [0.2, 0.25) is 0 Å². The van der Waals surface area contributed by atoms with Crippen LogP contribution in [0, 0.1) is 34.5 Å². The number of hydrogen-bond donors (Lipinski definition) is 2. The third-order valence-corrected chi connectivity index (χ3v) is 7.94. The van der Waals surface area contributed by atoms with Crippen LogP contribution in [0.1, 0.15) is 65.7 Å². The van der Waals surface area contributed by atoms with E-state index in [9.17, 15) is 10.2 Å². The number of aliphatic hydroxyl groups excluding tert-OH is 2. The predicted octanol–water partition coefficient (Wildman–Crippen LogP) is 4.17. The zero-order valence-electron chi connectivity index (χ0n) is 14.6. The molecule has 22 heavy (non-hydrogen) atoms. The summed E-state index contributed by atoms with van der Waals surface area (Å²) in [6.07, 6.45) is 10.9. The molecule has 3 saturated carbocycles. The van der Waals surface area contributed by atoms with E-state index in [1.54, 1.807) is 0 Å².